The number of rotatable bonds is 3. The van der Waals surface area contributed by atoms with Crippen LogP contribution in [0.15, 0.2) is 46.1 Å². The van der Waals surface area contributed by atoms with E-state index in [2.05, 4.69) is 20.3 Å². The number of carbonyl (C=O) groups excluding carboxylic acids is 1. The zero-order valence-electron chi connectivity index (χ0n) is 11.8. The molecule has 0 saturated carbocycles. The van der Waals surface area contributed by atoms with Crippen LogP contribution in [0, 0.1) is 0 Å². The van der Waals surface area contributed by atoms with E-state index >= 15 is 0 Å². The number of pyridine rings is 1. The number of imidazole rings is 1. The Kier molecular flexibility index (Phi) is 3.38. The molecule has 3 rings (SSSR count). The molecular weight excluding hydrogens is 284 g/mol. The molecule has 0 saturated heterocycles. The van der Waals surface area contributed by atoms with Crippen LogP contribution in [0.3, 0.4) is 0 Å². The minimum absolute atomic E-state index is 0.248. The maximum Gasteiger partial charge on any atom is 0.323 e. The van der Waals surface area contributed by atoms with Crippen molar-refractivity contribution in [2.75, 3.05) is 0 Å². The molecule has 0 aliphatic carbocycles. The van der Waals surface area contributed by atoms with Crippen LogP contribution in [-0.4, -0.2) is 20.9 Å². The lowest BCUT2D eigenvalue weighted by Crippen LogP contribution is -2.27. The van der Waals surface area contributed by atoms with E-state index in [1.807, 2.05) is 19.1 Å². The first-order valence-corrected chi connectivity index (χ1v) is 6.74. The van der Waals surface area contributed by atoms with Gasteiger partial charge in [-0.1, -0.05) is 6.07 Å². The Morgan fingerprint density at radius 2 is 1.86 bits per heavy atom. The van der Waals surface area contributed by atoms with Crippen LogP contribution in [-0.2, 0) is 0 Å². The number of nitrogens with one attached hydrogen (secondary N) is 4. The summed E-state index contributed by atoms with van der Waals surface area (Å²) in [4.78, 5) is 42.2. The second kappa shape index (κ2) is 5.36. The summed E-state index contributed by atoms with van der Waals surface area (Å²) in [6.45, 7) is 1.84. The molecule has 0 fully saturated rings. The van der Waals surface area contributed by atoms with Gasteiger partial charge in [0.2, 0.25) is 5.56 Å². The van der Waals surface area contributed by atoms with Gasteiger partial charge in [0.05, 0.1) is 22.6 Å². The van der Waals surface area contributed by atoms with Gasteiger partial charge >= 0.3 is 5.69 Å². The largest absolute Gasteiger partial charge is 0.345 e. The first-order valence-electron chi connectivity index (χ1n) is 6.74. The number of aromatic nitrogens is 3. The highest BCUT2D eigenvalue weighted by molar-refractivity contribution is 5.94. The summed E-state index contributed by atoms with van der Waals surface area (Å²) in [7, 11) is 0. The van der Waals surface area contributed by atoms with Crippen molar-refractivity contribution >= 4 is 16.9 Å². The maximum atomic E-state index is 12.1. The molecule has 3 aromatic rings. The van der Waals surface area contributed by atoms with Crippen molar-refractivity contribution < 1.29 is 4.79 Å². The predicted molar refractivity (Wildman–Crippen MR) is 81.9 cm³/mol. The average molecular weight is 298 g/mol. The van der Waals surface area contributed by atoms with Crippen molar-refractivity contribution in [2.45, 2.75) is 13.0 Å². The summed E-state index contributed by atoms with van der Waals surface area (Å²) in [6, 6.07) is 7.95. The minimum atomic E-state index is -0.286. The molecule has 0 unspecified atom stereocenters. The Hall–Kier alpha value is -3.09. The number of hydrogen-bond donors (Lipinski definition) is 4. The molecule has 0 radical (unpaired) electrons. The van der Waals surface area contributed by atoms with Gasteiger partial charge in [-0.3, -0.25) is 9.59 Å². The highest BCUT2D eigenvalue weighted by atomic mass is 16.2. The van der Waals surface area contributed by atoms with E-state index in [0.29, 0.717) is 16.6 Å². The van der Waals surface area contributed by atoms with Crippen molar-refractivity contribution in [2.24, 2.45) is 0 Å². The van der Waals surface area contributed by atoms with Gasteiger partial charge in [0.15, 0.2) is 0 Å². The van der Waals surface area contributed by atoms with Gasteiger partial charge in [0.25, 0.3) is 5.91 Å². The summed E-state index contributed by atoms with van der Waals surface area (Å²) in [5, 5.41) is 2.84. The standard InChI is InChI=1S/C15H14N4O3/c1-8(17-14(21)10-3-5-13(20)16-7-10)9-2-4-11-12(6-9)19-15(22)18-11/h2-8H,1H3,(H,16,20)(H,17,21)(H2,18,19,22)/t8-/m0/s1. The number of amides is 1. The number of hydrogen-bond acceptors (Lipinski definition) is 3. The molecule has 0 aliphatic heterocycles. The predicted octanol–water partition coefficient (Wildman–Crippen LogP) is 1.04. The molecule has 0 spiro atoms. The van der Waals surface area contributed by atoms with Crippen molar-refractivity contribution in [1.82, 2.24) is 20.3 Å². The van der Waals surface area contributed by atoms with Crippen molar-refractivity contribution in [3.63, 3.8) is 0 Å². The molecule has 1 amide bonds. The Morgan fingerprint density at radius 1 is 1.09 bits per heavy atom. The summed E-state index contributed by atoms with van der Waals surface area (Å²) < 4.78 is 0. The molecule has 2 heterocycles. The molecule has 7 nitrogen and oxygen atoms in total. The van der Waals surface area contributed by atoms with E-state index in [-0.39, 0.29) is 23.2 Å². The van der Waals surface area contributed by atoms with Gasteiger partial charge < -0.3 is 20.3 Å². The van der Waals surface area contributed by atoms with E-state index in [0.717, 1.165) is 5.56 Å². The minimum Gasteiger partial charge on any atom is -0.345 e. The van der Waals surface area contributed by atoms with Crippen LogP contribution in [0.2, 0.25) is 0 Å². The van der Waals surface area contributed by atoms with Gasteiger partial charge in [0.1, 0.15) is 0 Å². The lowest BCUT2D eigenvalue weighted by Gasteiger charge is -2.14. The Labute approximate surface area is 124 Å². The van der Waals surface area contributed by atoms with Crippen LogP contribution in [0.4, 0.5) is 0 Å². The number of aromatic amines is 3. The normalized spacial score (nSPS) is 12.2. The third-order valence-electron chi connectivity index (χ3n) is 3.43. The topological polar surface area (TPSA) is 111 Å². The molecule has 1 atom stereocenters. The zero-order chi connectivity index (χ0) is 15.7. The van der Waals surface area contributed by atoms with Crippen LogP contribution >= 0.6 is 0 Å². The number of H-pyrrole nitrogens is 3. The van der Waals surface area contributed by atoms with E-state index in [4.69, 9.17) is 0 Å². The Bertz CT molecular complexity index is 931. The fourth-order valence-electron chi connectivity index (χ4n) is 2.23. The van der Waals surface area contributed by atoms with E-state index in [1.165, 1.54) is 18.3 Å². The lowest BCUT2D eigenvalue weighted by molar-refractivity contribution is 0.0939. The smallest absolute Gasteiger partial charge is 0.323 e. The van der Waals surface area contributed by atoms with Gasteiger partial charge in [-0.05, 0) is 30.7 Å². The van der Waals surface area contributed by atoms with Crippen LogP contribution in [0.1, 0.15) is 28.9 Å². The molecule has 0 aliphatic rings. The second-order valence-corrected chi connectivity index (χ2v) is 5.02. The monoisotopic (exact) mass is 298 g/mol. The fraction of sp³-hybridized carbons (Fsp3) is 0.133. The second-order valence-electron chi connectivity index (χ2n) is 5.02. The lowest BCUT2D eigenvalue weighted by atomic mass is 10.1. The molecule has 4 N–H and O–H groups in total. The summed E-state index contributed by atoms with van der Waals surface area (Å²) in [5.41, 5.74) is 2.12. The quantitative estimate of drug-likeness (QED) is 0.579. The average Bonchev–Trinajstić information content (AvgIpc) is 2.86. The molecule has 7 heteroatoms. The van der Waals surface area contributed by atoms with Crippen LogP contribution in [0.25, 0.3) is 11.0 Å². The van der Waals surface area contributed by atoms with E-state index in [9.17, 15) is 14.4 Å². The van der Waals surface area contributed by atoms with Crippen molar-refractivity contribution in [1.29, 1.82) is 0 Å². The number of benzene rings is 1. The first kappa shape index (κ1) is 13.9. The van der Waals surface area contributed by atoms with Crippen LogP contribution < -0.4 is 16.6 Å². The molecule has 1 aromatic carbocycles. The highest BCUT2D eigenvalue weighted by Crippen LogP contribution is 2.17. The zero-order valence-corrected chi connectivity index (χ0v) is 11.8. The van der Waals surface area contributed by atoms with Crippen molar-refractivity contribution in [3.8, 4) is 0 Å². The number of carbonyl (C=O) groups is 1. The van der Waals surface area contributed by atoms with Crippen molar-refractivity contribution in [3.05, 3.63) is 68.5 Å². The van der Waals surface area contributed by atoms with Gasteiger partial charge in [-0.2, -0.15) is 0 Å². The van der Waals surface area contributed by atoms with E-state index < -0.39 is 0 Å². The summed E-state index contributed by atoms with van der Waals surface area (Å²) in [5.74, 6) is -0.286. The third kappa shape index (κ3) is 2.69. The highest BCUT2D eigenvalue weighted by Gasteiger charge is 2.12. The third-order valence-corrected chi connectivity index (χ3v) is 3.43. The maximum absolute atomic E-state index is 12.1. The van der Waals surface area contributed by atoms with Crippen LogP contribution in [0.5, 0.6) is 0 Å². The molecule has 0 bridgehead atoms. The van der Waals surface area contributed by atoms with Gasteiger partial charge in [-0.25, -0.2) is 4.79 Å². The molecular formula is C15H14N4O3. The molecule has 2 aromatic heterocycles. The fourth-order valence-corrected chi connectivity index (χ4v) is 2.23. The van der Waals surface area contributed by atoms with Gasteiger partial charge in [0, 0.05) is 12.3 Å². The molecule has 112 valence electrons. The Morgan fingerprint density at radius 3 is 2.59 bits per heavy atom. The molecule has 22 heavy (non-hydrogen) atoms. The number of fused-ring (bicyclic) bond motifs is 1. The van der Waals surface area contributed by atoms with E-state index in [1.54, 1.807) is 6.07 Å². The summed E-state index contributed by atoms with van der Waals surface area (Å²) in [6.07, 6.45) is 1.37. The SMILES string of the molecule is C[C@H](NC(=O)c1ccc(=O)[nH]c1)c1ccc2[nH]c(=O)[nH]c2c1. The Balaban J connectivity index is 1.81. The first-order chi connectivity index (χ1) is 10.5. The van der Waals surface area contributed by atoms with Gasteiger partial charge in [-0.15, -0.1) is 0 Å². The summed E-state index contributed by atoms with van der Waals surface area (Å²) >= 11 is 0.